The zero-order chi connectivity index (χ0) is 39.5. The van der Waals surface area contributed by atoms with Crippen molar-refractivity contribution in [3.05, 3.63) is 206 Å². The molecular weight excluding hydrogens is 731 g/mol. The number of para-hydroxylation sites is 6. The smallest absolute Gasteiger partial charge is 0.101 e. The van der Waals surface area contributed by atoms with Gasteiger partial charge in [-0.15, -0.1) is 0 Å². The molecule has 0 aliphatic rings. The maximum absolute atomic E-state index is 10.9. The fourth-order valence-corrected chi connectivity index (χ4v) is 10.2. The summed E-state index contributed by atoms with van der Waals surface area (Å²) < 4.78 is 9.56. The van der Waals surface area contributed by atoms with Crippen molar-refractivity contribution >= 4 is 87.2 Å². The lowest BCUT2D eigenvalue weighted by atomic mass is 10.0. The first-order valence-corrected chi connectivity index (χ1v) is 20.3. The van der Waals surface area contributed by atoms with Crippen LogP contribution >= 0.6 is 0 Å². The standard InChI is InChI=1S/C55H33N5/c56-34-35-32-44-41-23-11-14-26-47(41)60(55(44)52-43-24-12-15-27-48(43)58(53(35)52)37-18-6-2-7-19-37)39-28-30-49-45(33-39)51-50(57(49)36-16-4-1-5-17-36)31-29-42-40-22-10-13-25-46(40)59(54(42)51)38-20-8-3-9-21-38/h1-33H. The van der Waals surface area contributed by atoms with E-state index in [9.17, 15) is 5.26 Å². The van der Waals surface area contributed by atoms with Crippen molar-refractivity contribution in [3.8, 4) is 28.8 Å². The minimum absolute atomic E-state index is 0.651. The van der Waals surface area contributed by atoms with Gasteiger partial charge in [0.2, 0.25) is 0 Å². The van der Waals surface area contributed by atoms with Gasteiger partial charge in [-0.2, -0.15) is 5.26 Å². The van der Waals surface area contributed by atoms with Crippen LogP contribution in [-0.4, -0.2) is 18.3 Å². The van der Waals surface area contributed by atoms with Gasteiger partial charge in [0.25, 0.3) is 0 Å². The van der Waals surface area contributed by atoms with E-state index in [1.54, 1.807) is 0 Å². The molecule has 13 aromatic rings. The third kappa shape index (κ3) is 4.34. The van der Waals surface area contributed by atoms with E-state index >= 15 is 0 Å². The van der Waals surface area contributed by atoms with Gasteiger partial charge in [-0.25, -0.2) is 0 Å². The summed E-state index contributed by atoms with van der Waals surface area (Å²) in [4.78, 5) is 0. The second kappa shape index (κ2) is 12.3. The molecule has 0 spiro atoms. The molecule has 0 aliphatic carbocycles. The minimum Gasteiger partial charge on any atom is -0.309 e. The molecule has 0 atom stereocenters. The molecule has 5 nitrogen and oxygen atoms in total. The van der Waals surface area contributed by atoms with Gasteiger partial charge in [-0.3, -0.25) is 0 Å². The monoisotopic (exact) mass is 763 g/mol. The molecule has 60 heavy (non-hydrogen) atoms. The lowest BCUT2D eigenvalue weighted by Gasteiger charge is -2.12. The van der Waals surface area contributed by atoms with Crippen LogP contribution in [0.5, 0.6) is 0 Å². The number of aromatic nitrogens is 4. The number of rotatable bonds is 4. The third-order valence-electron chi connectivity index (χ3n) is 12.5. The van der Waals surface area contributed by atoms with Crippen molar-refractivity contribution in [2.24, 2.45) is 0 Å². The molecule has 0 radical (unpaired) electrons. The average molecular weight is 764 g/mol. The molecule has 4 heterocycles. The molecule has 4 aromatic heterocycles. The van der Waals surface area contributed by atoms with Crippen LogP contribution in [0.25, 0.3) is 110 Å². The highest BCUT2D eigenvalue weighted by Crippen LogP contribution is 2.46. The van der Waals surface area contributed by atoms with Crippen LogP contribution in [0, 0.1) is 11.3 Å². The Kier molecular flexibility index (Phi) is 6.73. The first kappa shape index (κ1) is 32.7. The fourth-order valence-electron chi connectivity index (χ4n) is 10.2. The van der Waals surface area contributed by atoms with Crippen LogP contribution in [0.15, 0.2) is 200 Å². The minimum atomic E-state index is 0.651. The predicted octanol–water partition coefficient (Wildman–Crippen LogP) is 13.9. The second-order valence-electron chi connectivity index (χ2n) is 15.6. The number of hydrogen-bond acceptors (Lipinski definition) is 1. The van der Waals surface area contributed by atoms with Crippen LogP contribution in [-0.2, 0) is 0 Å². The van der Waals surface area contributed by atoms with Crippen LogP contribution in [0.3, 0.4) is 0 Å². The largest absolute Gasteiger partial charge is 0.309 e. The molecule has 0 bridgehead atoms. The Bertz CT molecular complexity index is 3930. The molecule has 0 saturated heterocycles. The van der Waals surface area contributed by atoms with Crippen molar-refractivity contribution in [1.82, 2.24) is 18.3 Å². The van der Waals surface area contributed by atoms with E-state index in [4.69, 9.17) is 0 Å². The summed E-state index contributed by atoms with van der Waals surface area (Å²) in [5.74, 6) is 0. The number of fused-ring (bicyclic) bond motifs is 14. The quantitative estimate of drug-likeness (QED) is 0.176. The SMILES string of the molecule is N#Cc1cc2c3ccccc3n(-c3ccc4c(c3)c3c(ccc5c6ccccc6n(-c6ccccc6)c53)n4-c3ccccc3)c2c2c3ccccc3n(-c3ccccc3)c12. The van der Waals surface area contributed by atoms with Crippen molar-refractivity contribution in [2.75, 3.05) is 0 Å². The molecule has 5 heteroatoms. The van der Waals surface area contributed by atoms with Crippen LogP contribution in [0.1, 0.15) is 5.56 Å². The highest BCUT2D eigenvalue weighted by molar-refractivity contribution is 6.29. The fraction of sp³-hybridized carbons (Fsp3) is 0. The van der Waals surface area contributed by atoms with Gasteiger partial charge >= 0.3 is 0 Å². The van der Waals surface area contributed by atoms with E-state index in [2.05, 4.69) is 218 Å². The van der Waals surface area contributed by atoms with Crippen molar-refractivity contribution in [1.29, 1.82) is 5.26 Å². The van der Waals surface area contributed by atoms with Crippen molar-refractivity contribution in [3.63, 3.8) is 0 Å². The Morgan fingerprint density at radius 1 is 0.283 bits per heavy atom. The molecule has 0 unspecified atom stereocenters. The summed E-state index contributed by atoms with van der Waals surface area (Å²) >= 11 is 0. The second-order valence-corrected chi connectivity index (χ2v) is 15.6. The molecular formula is C55H33N5. The molecule has 0 saturated carbocycles. The maximum Gasteiger partial charge on any atom is 0.101 e. The molecule has 0 amide bonds. The lowest BCUT2D eigenvalue weighted by molar-refractivity contribution is 1.16. The Morgan fingerprint density at radius 2 is 0.733 bits per heavy atom. The summed E-state index contributed by atoms with van der Waals surface area (Å²) in [5, 5.41) is 20.0. The molecule has 0 N–H and O–H groups in total. The van der Waals surface area contributed by atoms with Gasteiger partial charge in [-0.1, -0.05) is 115 Å². The average Bonchev–Trinajstić information content (AvgIpc) is 4.04. The van der Waals surface area contributed by atoms with Gasteiger partial charge in [0.15, 0.2) is 0 Å². The van der Waals surface area contributed by atoms with Gasteiger partial charge in [0, 0.05) is 65.8 Å². The first-order chi connectivity index (χ1) is 29.8. The van der Waals surface area contributed by atoms with E-state index in [1.165, 1.54) is 32.6 Å². The normalized spacial score (nSPS) is 12.0. The summed E-state index contributed by atoms with van der Waals surface area (Å²) in [6.45, 7) is 0. The van der Waals surface area contributed by atoms with Crippen molar-refractivity contribution in [2.45, 2.75) is 0 Å². The molecule has 278 valence electrons. The lowest BCUT2D eigenvalue weighted by Crippen LogP contribution is -1.97. The number of nitrogens with zero attached hydrogens (tertiary/aromatic N) is 5. The van der Waals surface area contributed by atoms with Crippen LogP contribution in [0.2, 0.25) is 0 Å². The van der Waals surface area contributed by atoms with Crippen LogP contribution in [0.4, 0.5) is 0 Å². The Hall–Kier alpha value is -8.33. The van der Waals surface area contributed by atoms with E-state index in [1.807, 2.05) is 6.07 Å². The topological polar surface area (TPSA) is 43.5 Å². The van der Waals surface area contributed by atoms with E-state index in [0.29, 0.717) is 5.56 Å². The number of hydrogen-bond donors (Lipinski definition) is 0. The zero-order valence-corrected chi connectivity index (χ0v) is 32.3. The molecule has 9 aromatic carbocycles. The Labute approximate surface area is 344 Å². The Balaban J connectivity index is 1.23. The Morgan fingerprint density at radius 3 is 1.35 bits per heavy atom. The van der Waals surface area contributed by atoms with Gasteiger partial charge in [0.1, 0.15) is 6.07 Å². The van der Waals surface area contributed by atoms with Gasteiger partial charge in [-0.05, 0) is 84.9 Å². The van der Waals surface area contributed by atoms with Crippen LogP contribution < -0.4 is 0 Å². The highest BCUT2D eigenvalue weighted by atomic mass is 15.0. The van der Waals surface area contributed by atoms with E-state index in [0.717, 1.165) is 77.4 Å². The van der Waals surface area contributed by atoms with Gasteiger partial charge < -0.3 is 18.3 Å². The molecule has 0 fully saturated rings. The highest BCUT2D eigenvalue weighted by Gasteiger charge is 2.25. The number of benzene rings is 9. The zero-order valence-electron chi connectivity index (χ0n) is 32.3. The van der Waals surface area contributed by atoms with Gasteiger partial charge in [0.05, 0.1) is 49.7 Å². The summed E-state index contributed by atoms with van der Waals surface area (Å²) in [6, 6.07) is 74.1. The third-order valence-corrected chi connectivity index (χ3v) is 12.5. The molecule has 13 rings (SSSR count). The number of nitriles is 1. The maximum atomic E-state index is 10.9. The van der Waals surface area contributed by atoms with Crippen molar-refractivity contribution < 1.29 is 0 Å². The molecule has 0 aliphatic heterocycles. The first-order valence-electron chi connectivity index (χ1n) is 20.3. The summed E-state index contributed by atoms with van der Waals surface area (Å²) in [6.07, 6.45) is 0. The van der Waals surface area contributed by atoms with E-state index < -0.39 is 0 Å². The predicted molar refractivity (Wildman–Crippen MR) is 249 cm³/mol. The summed E-state index contributed by atoms with van der Waals surface area (Å²) in [5.41, 5.74) is 13.8. The van der Waals surface area contributed by atoms with E-state index in [-0.39, 0.29) is 0 Å². The summed E-state index contributed by atoms with van der Waals surface area (Å²) in [7, 11) is 0.